The number of anilines is 3. The average molecular weight is 338 g/mol. The number of rotatable bonds is 4. The lowest BCUT2D eigenvalue weighted by molar-refractivity contribution is 0.0690. The average Bonchev–Trinajstić information content (AvgIpc) is 2.40. The van der Waals surface area contributed by atoms with E-state index in [2.05, 4.69) is 26.2 Å². The summed E-state index contributed by atoms with van der Waals surface area (Å²) in [6.45, 7) is 0. The van der Waals surface area contributed by atoms with Crippen LogP contribution >= 0.6 is 15.9 Å². The second-order valence-electron chi connectivity index (χ2n) is 3.94. The quantitative estimate of drug-likeness (QED) is 0.793. The van der Waals surface area contributed by atoms with Gasteiger partial charge in [-0.25, -0.2) is 9.78 Å². The Morgan fingerprint density at radius 2 is 2.15 bits per heavy atom. The van der Waals surface area contributed by atoms with Gasteiger partial charge in [0.15, 0.2) is 11.5 Å². The summed E-state index contributed by atoms with van der Waals surface area (Å²) in [7, 11) is 1.56. The maximum absolute atomic E-state index is 10.9. The van der Waals surface area contributed by atoms with E-state index in [1.165, 1.54) is 12.1 Å². The highest BCUT2D eigenvalue weighted by Gasteiger charge is 2.09. The van der Waals surface area contributed by atoms with Crippen LogP contribution in [0.2, 0.25) is 0 Å². The van der Waals surface area contributed by atoms with Gasteiger partial charge in [0.25, 0.3) is 0 Å². The first-order valence-corrected chi connectivity index (χ1v) is 6.40. The van der Waals surface area contributed by atoms with Gasteiger partial charge in [0.05, 0.1) is 12.8 Å². The monoisotopic (exact) mass is 337 g/mol. The van der Waals surface area contributed by atoms with Crippen molar-refractivity contribution < 1.29 is 14.6 Å². The molecule has 1 aromatic carbocycles. The van der Waals surface area contributed by atoms with E-state index < -0.39 is 5.97 Å². The van der Waals surface area contributed by atoms with Gasteiger partial charge in [0, 0.05) is 16.2 Å². The fourth-order valence-electron chi connectivity index (χ4n) is 1.58. The van der Waals surface area contributed by atoms with E-state index in [-0.39, 0.29) is 11.5 Å². The van der Waals surface area contributed by atoms with Crippen molar-refractivity contribution in [3.05, 3.63) is 40.5 Å². The topological polar surface area (TPSA) is 97.5 Å². The molecule has 0 radical (unpaired) electrons. The van der Waals surface area contributed by atoms with E-state index in [1.54, 1.807) is 25.3 Å². The maximum atomic E-state index is 10.9. The number of carboxylic acids is 1. The summed E-state index contributed by atoms with van der Waals surface area (Å²) >= 11 is 3.36. The van der Waals surface area contributed by atoms with E-state index in [9.17, 15) is 4.79 Å². The number of hydrogen-bond acceptors (Lipinski definition) is 5. The fourth-order valence-corrected chi connectivity index (χ4v) is 2.05. The van der Waals surface area contributed by atoms with Crippen molar-refractivity contribution in [2.75, 3.05) is 18.2 Å². The molecule has 2 rings (SSSR count). The second-order valence-corrected chi connectivity index (χ2v) is 4.86. The molecule has 0 aliphatic heterocycles. The Hall–Kier alpha value is -2.28. The Kier molecular flexibility index (Phi) is 4.09. The molecule has 0 amide bonds. The first-order chi connectivity index (χ1) is 9.49. The first kappa shape index (κ1) is 14.1. The SMILES string of the molecule is COc1cc(Br)cc(Nc2nc(C(=O)O)ccc2N)c1. The molecule has 6 nitrogen and oxygen atoms in total. The number of carboxylic acid groups (broad SMARTS) is 1. The number of aromatic nitrogens is 1. The van der Waals surface area contributed by atoms with Gasteiger partial charge in [-0.2, -0.15) is 0 Å². The summed E-state index contributed by atoms with van der Waals surface area (Å²) in [5, 5.41) is 11.9. The van der Waals surface area contributed by atoms with Crippen LogP contribution in [0.15, 0.2) is 34.8 Å². The molecule has 1 heterocycles. The lowest BCUT2D eigenvalue weighted by atomic mass is 10.2. The number of nitrogens with two attached hydrogens (primary N) is 1. The molecule has 0 aliphatic carbocycles. The van der Waals surface area contributed by atoms with Gasteiger partial charge in [-0.3, -0.25) is 0 Å². The van der Waals surface area contributed by atoms with Crippen LogP contribution in [0, 0.1) is 0 Å². The Bertz CT molecular complexity index is 661. The second kappa shape index (κ2) is 5.79. The van der Waals surface area contributed by atoms with E-state index in [0.717, 1.165) is 4.47 Å². The number of benzene rings is 1. The molecular formula is C13H12BrN3O3. The molecule has 7 heteroatoms. The summed E-state index contributed by atoms with van der Waals surface area (Å²) in [5.41, 5.74) is 6.74. The Labute approximate surface area is 123 Å². The van der Waals surface area contributed by atoms with Crippen molar-refractivity contribution in [2.24, 2.45) is 0 Å². The molecule has 0 fully saturated rings. The molecule has 20 heavy (non-hydrogen) atoms. The molecule has 0 unspecified atom stereocenters. The van der Waals surface area contributed by atoms with E-state index in [0.29, 0.717) is 17.1 Å². The van der Waals surface area contributed by atoms with Crippen LogP contribution in [0.4, 0.5) is 17.2 Å². The number of hydrogen-bond donors (Lipinski definition) is 3. The van der Waals surface area contributed by atoms with Crippen molar-refractivity contribution in [3.63, 3.8) is 0 Å². The predicted octanol–water partition coefficient (Wildman–Crippen LogP) is 2.88. The molecule has 1 aromatic heterocycles. The van der Waals surface area contributed by atoms with Crippen LogP contribution in [0.25, 0.3) is 0 Å². The summed E-state index contributed by atoms with van der Waals surface area (Å²) in [5.74, 6) is -0.181. The summed E-state index contributed by atoms with van der Waals surface area (Å²) in [6, 6.07) is 8.20. The van der Waals surface area contributed by atoms with Gasteiger partial charge < -0.3 is 20.9 Å². The molecule has 0 spiro atoms. The van der Waals surface area contributed by atoms with Crippen LogP contribution in [0.1, 0.15) is 10.5 Å². The zero-order chi connectivity index (χ0) is 14.7. The van der Waals surface area contributed by atoms with Gasteiger partial charge in [0.1, 0.15) is 5.75 Å². The molecule has 2 aromatic rings. The van der Waals surface area contributed by atoms with E-state index >= 15 is 0 Å². The molecule has 0 saturated heterocycles. The van der Waals surface area contributed by atoms with Crippen molar-refractivity contribution in [1.82, 2.24) is 4.98 Å². The third-order valence-corrected chi connectivity index (χ3v) is 2.97. The zero-order valence-electron chi connectivity index (χ0n) is 10.6. The normalized spacial score (nSPS) is 10.1. The van der Waals surface area contributed by atoms with Crippen molar-refractivity contribution in [3.8, 4) is 5.75 Å². The van der Waals surface area contributed by atoms with E-state index in [4.69, 9.17) is 15.6 Å². The van der Waals surface area contributed by atoms with Crippen LogP contribution in [-0.4, -0.2) is 23.2 Å². The third-order valence-electron chi connectivity index (χ3n) is 2.52. The number of nitrogens with zero attached hydrogens (tertiary/aromatic N) is 1. The Morgan fingerprint density at radius 3 is 2.80 bits per heavy atom. The van der Waals surface area contributed by atoms with Crippen molar-refractivity contribution in [1.29, 1.82) is 0 Å². The lowest BCUT2D eigenvalue weighted by Gasteiger charge is -2.11. The summed E-state index contributed by atoms with van der Waals surface area (Å²) in [4.78, 5) is 14.9. The summed E-state index contributed by atoms with van der Waals surface area (Å²) in [6.07, 6.45) is 0. The van der Waals surface area contributed by atoms with Crippen LogP contribution in [0.3, 0.4) is 0 Å². The molecular weight excluding hydrogens is 326 g/mol. The van der Waals surface area contributed by atoms with Gasteiger partial charge in [-0.05, 0) is 24.3 Å². The number of aromatic carboxylic acids is 1. The highest BCUT2D eigenvalue weighted by molar-refractivity contribution is 9.10. The van der Waals surface area contributed by atoms with E-state index in [1.807, 2.05) is 0 Å². The highest BCUT2D eigenvalue weighted by atomic mass is 79.9. The predicted molar refractivity (Wildman–Crippen MR) is 79.6 cm³/mol. The van der Waals surface area contributed by atoms with Gasteiger partial charge in [-0.1, -0.05) is 15.9 Å². The molecule has 0 aliphatic rings. The third kappa shape index (κ3) is 3.18. The first-order valence-electron chi connectivity index (χ1n) is 5.61. The van der Waals surface area contributed by atoms with Crippen molar-refractivity contribution >= 4 is 39.1 Å². The van der Waals surface area contributed by atoms with Crippen LogP contribution in [-0.2, 0) is 0 Å². The molecule has 0 atom stereocenters. The van der Waals surface area contributed by atoms with Gasteiger partial charge >= 0.3 is 5.97 Å². The maximum Gasteiger partial charge on any atom is 0.354 e. The van der Waals surface area contributed by atoms with Crippen molar-refractivity contribution in [2.45, 2.75) is 0 Å². The standard InChI is InChI=1S/C13H12BrN3O3/c1-20-9-5-7(14)4-8(6-9)16-12-10(15)2-3-11(17-12)13(18)19/h2-6H,15H2,1H3,(H,16,17)(H,18,19). The number of ether oxygens (including phenoxy) is 1. The molecule has 0 bridgehead atoms. The highest BCUT2D eigenvalue weighted by Crippen LogP contribution is 2.28. The number of nitrogen functional groups attached to an aromatic ring is 1. The fraction of sp³-hybridized carbons (Fsp3) is 0.0769. The number of methoxy groups -OCH3 is 1. The minimum atomic E-state index is -1.11. The Balaban J connectivity index is 2.36. The number of pyridine rings is 1. The lowest BCUT2D eigenvalue weighted by Crippen LogP contribution is -2.05. The largest absolute Gasteiger partial charge is 0.497 e. The van der Waals surface area contributed by atoms with Gasteiger partial charge in [-0.15, -0.1) is 0 Å². The minimum Gasteiger partial charge on any atom is -0.497 e. The number of halogens is 1. The van der Waals surface area contributed by atoms with Crippen LogP contribution in [0.5, 0.6) is 5.75 Å². The van der Waals surface area contributed by atoms with Crippen LogP contribution < -0.4 is 15.8 Å². The zero-order valence-corrected chi connectivity index (χ0v) is 12.1. The minimum absolute atomic E-state index is 0.0799. The summed E-state index contributed by atoms with van der Waals surface area (Å²) < 4.78 is 5.96. The molecule has 0 saturated carbocycles. The Morgan fingerprint density at radius 1 is 1.40 bits per heavy atom. The van der Waals surface area contributed by atoms with Gasteiger partial charge in [0.2, 0.25) is 0 Å². The molecule has 4 N–H and O–H groups in total. The smallest absolute Gasteiger partial charge is 0.354 e. The number of nitrogens with one attached hydrogen (secondary N) is 1. The molecule has 104 valence electrons. The number of carbonyl (C=O) groups is 1.